The number of carbonyl (C=O) groups is 1. The van der Waals surface area contributed by atoms with Gasteiger partial charge in [0.25, 0.3) is 0 Å². The van der Waals surface area contributed by atoms with Gasteiger partial charge in [0.05, 0.1) is 12.5 Å². The van der Waals surface area contributed by atoms with Crippen molar-refractivity contribution in [3.8, 4) is 6.07 Å². The normalized spacial score (nSPS) is 19.3. The second-order valence-electron chi connectivity index (χ2n) is 5.14. The Hall–Kier alpha value is -1.08. The van der Waals surface area contributed by atoms with Crippen LogP contribution in [0.2, 0.25) is 0 Å². The van der Waals surface area contributed by atoms with Crippen LogP contribution in [0.5, 0.6) is 0 Å². The molecule has 1 rings (SSSR count). The number of carbonyl (C=O) groups excluding carboxylic acids is 1. The van der Waals surface area contributed by atoms with Gasteiger partial charge in [0.1, 0.15) is 0 Å². The minimum Gasteiger partial charge on any atom is -0.341 e. The van der Waals surface area contributed by atoms with Crippen LogP contribution in [0.1, 0.15) is 39.5 Å². The lowest BCUT2D eigenvalue weighted by molar-refractivity contribution is -0.132. The summed E-state index contributed by atoms with van der Waals surface area (Å²) in [7, 11) is 0. The van der Waals surface area contributed by atoms with Gasteiger partial charge in [-0.05, 0) is 25.3 Å². The molecule has 1 fully saturated rings. The number of hydrogen-bond donors (Lipinski definition) is 1. The number of nitrogens with zero attached hydrogens (tertiary/aromatic N) is 2. The molecule has 0 aromatic heterocycles. The van der Waals surface area contributed by atoms with Gasteiger partial charge in [0.15, 0.2) is 0 Å². The van der Waals surface area contributed by atoms with Crippen molar-refractivity contribution in [2.45, 2.75) is 45.6 Å². The van der Waals surface area contributed by atoms with Crippen LogP contribution in [0.15, 0.2) is 0 Å². The summed E-state index contributed by atoms with van der Waals surface area (Å²) in [5, 5.41) is 12.0. The first-order valence-electron chi connectivity index (χ1n) is 6.51. The van der Waals surface area contributed by atoms with Gasteiger partial charge >= 0.3 is 0 Å². The number of nitrogens with one attached hydrogen (secondary N) is 1. The summed E-state index contributed by atoms with van der Waals surface area (Å²) in [5.74, 6) is 0.641. The Bertz CT molecular complexity index is 277. The minimum atomic E-state index is 0.188. The SMILES string of the molecule is CC(C)CN(CCC#N)C(=O)CC1CCCN1. The molecule has 0 spiro atoms. The summed E-state index contributed by atoms with van der Waals surface area (Å²) in [6, 6.07) is 2.46. The van der Waals surface area contributed by atoms with Crippen molar-refractivity contribution in [1.82, 2.24) is 10.2 Å². The molecule has 1 N–H and O–H groups in total. The van der Waals surface area contributed by atoms with E-state index in [-0.39, 0.29) is 5.91 Å². The molecule has 0 aromatic carbocycles. The Morgan fingerprint density at radius 3 is 2.88 bits per heavy atom. The molecule has 1 heterocycles. The Morgan fingerprint density at radius 2 is 2.35 bits per heavy atom. The maximum atomic E-state index is 12.1. The number of amides is 1. The molecular formula is C13H23N3O. The van der Waals surface area contributed by atoms with E-state index in [1.54, 1.807) is 0 Å². The lowest BCUT2D eigenvalue weighted by atomic mass is 10.1. The molecule has 0 aromatic rings. The summed E-state index contributed by atoms with van der Waals surface area (Å²) >= 11 is 0. The molecule has 4 heteroatoms. The van der Waals surface area contributed by atoms with Gasteiger partial charge < -0.3 is 10.2 Å². The van der Waals surface area contributed by atoms with Crippen LogP contribution < -0.4 is 5.32 Å². The molecule has 4 nitrogen and oxygen atoms in total. The quantitative estimate of drug-likeness (QED) is 0.762. The zero-order valence-electron chi connectivity index (χ0n) is 10.9. The van der Waals surface area contributed by atoms with Gasteiger partial charge in [0, 0.05) is 25.6 Å². The first kappa shape index (κ1) is 14.0. The first-order chi connectivity index (χ1) is 8.13. The van der Waals surface area contributed by atoms with Crippen LogP contribution in [0.3, 0.4) is 0 Å². The first-order valence-corrected chi connectivity index (χ1v) is 6.51. The van der Waals surface area contributed by atoms with Crippen molar-refractivity contribution in [3.63, 3.8) is 0 Å². The van der Waals surface area contributed by atoms with E-state index >= 15 is 0 Å². The smallest absolute Gasteiger partial charge is 0.224 e. The van der Waals surface area contributed by atoms with Crippen molar-refractivity contribution in [2.24, 2.45) is 5.92 Å². The van der Waals surface area contributed by atoms with Crippen LogP contribution in [-0.2, 0) is 4.79 Å². The lowest BCUT2D eigenvalue weighted by Crippen LogP contribution is -2.38. The van der Waals surface area contributed by atoms with Gasteiger partial charge in [-0.3, -0.25) is 4.79 Å². The summed E-state index contributed by atoms with van der Waals surface area (Å²) in [6.45, 7) is 6.55. The molecule has 0 radical (unpaired) electrons. The highest BCUT2D eigenvalue weighted by Gasteiger charge is 2.21. The highest BCUT2D eigenvalue weighted by Crippen LogP contribution is 2.11. The Labute approximate surface area is 104 Å². The highest BCUT2D eigenvalue weighted by atomic mass is 16.2. The van der Waals surface area contributed by atoms with Gasteiger partial charge in [-0.1, -0.05) is 13.8 Å². The third-order valence-corrected chi connectivity index (χ3v) is 3.02. The zero-order chi connectivity index (χ0) is 12.7. The van der Waals surface area contributed by atoms with Gasteiger partial charge in [-0.15, -0.1) is 0 Å². The summed E-state index contributed by atoms with van der Waals surface area (Å²) in [6.07, 6.45) is 3.27. The molecule has 0 aliphatic carbocycles. The van der Waals surface area contributed by atoms with E-state index in [0.717, 1.165) is 19.5 Å². The average Bonchev–Trinajstić information content (AvgIpc) is 2.76. The minimum absolute atomic E-state index is 0.188. The molecule has 17 heavy (non-hydrogen) atoms. The summed E-state index contributed by atoms with van der Waals surface area (Å²) in [5.41, 5.74) is 0. The van der Waals surface area contributed by atoms with E-state index in [0.29, 0.717) is 31.3 Å². The number of hydrogen-bond acceptors (Lipinski definition) is 3. The molecule has 0 saturated carbocycles. The second-order valence-corrected chi connectivity index (χ2v) is 5.14. The van der Waals surface area contributed by atoms with E-state index in [4.69, 9.17) is 5.26 Å². The van der Waals surface area contributed by atoms with Crippen LogP contribution in [0.4, 0.5) is 0 Å². The molecule has 1 aliphatic heterocycles. The maximum absolute atomic E-state index is 12.1. The Morgan fingerprint density at radius 1 is 1.59 bits per heavy atom. The second kappa shape index (κ2) is 7.29. The van der Waals surface area contributed by atoms with Crippen LogP contribution in [0, 0.1) is 17.2 Å². The van der Waals surface area contributed by atoms with Crippen molar-refractivity contribution < 1.29 is 4.79 Å². The number of rotatable bonds is 6. The number of nitriles is 1. The predicted molar refractivity (Wildman–Crippen MR) is 67.3 cm³/mol. The van der Waals surface area contributed by atoms with Crippen LogP contribution in [-0.4, -0.2) is 36.5 Å². The monoisotopic (exact) mass is 237 g/mol. The van der Waals surface area contributed by atoms with Gasteiger partial charge in [-0.25, -0.2) is 0 Å². The molecule has 1 atom stereocenters. The molecule has 1 saturated heterocycles. The molecule has 96 valence electrons. The summed E-state index contributed by atoms with van der Waals surface area (Å²) < 4.78 is 0. The molecule has 0 bridgehead atoms. The largest absolute Gasteiger partial charge is 0.341 e. The molecule has 1 aliphatic rings. The van der Waals surface area contributed by atoms with Gasteiger partial charge in [-0.2, -0.15) is 5.26 Å². The van der Waals surface area contributed by atoms with Crippen molar-refractivity contribution in [1.29, 1.82) is 5.26 Å². The van der Waals surface area contributed by atoms with Crippen LogP contribution >= 0.6 is 0 Å². The highest BCUT2D eigenvalue weighted by molar-refractivity contribution is 5.76. The topological polar surface area (TPSA) is 56.1 Å². The van der Waals surface area contributed by atoms with E-state index in [2.05, 4.69) is 25.2 Å². The fourth-order valence-electron chi connectivity index (χ4n) is 2.21. The molecule has 1 amide bonds. The van der Waals surface area contributed by atoms with Crippen molar-refractivity contribution in [2.75, 3.05) is 19.6 Å². The van der Waals surface area contributed by atoms with Crippen molar-refractivity contribution in [3.05, 3.63) is 0 Å². The van der Waals surface area contributed by atoms with Crippen molar-refractivity contribution >= 4 is 5.91 Å². The van der Waals surface area contributed by atoms with E-state index in [9.17, 15) is 4.79 Å². The third kappa shape index (κ3) is 5.18. The standard InChI is InChI=1S/C13H23N3O/c1-11(2)10-16(8-4-6-14)13(17)9-12-5-3-7-15-12/h11-12,15H,3-5,7-10H2,1-2H3. The fourth-order valence-corrected chi connectivity index (χ4v) is 2.21. The summed E-state index contributed by atoms with van der Waals surface area (Å²) in [4.78, 5) is 14.0. The maximum Gasteiger partial charge on any atom is 0.224 e. The Balaban J connectivity index is 2.43. The third-order valence-electron chi connectivity index (χ3n) is 3.02. The average molecular weight is 237 g/mol. The van der Waals surface area contributed by atoms with E-state index in [1.165, 1.54) is 6.42 Å². The molecule has 1 unspecified atom stereocenters. The lowest BCUT2D eigenvalue weighted by Gasteiger charge is -2.25. The molecular weight excluding hydrogens is 214 g/mol. The van der Waals surface area contributed by atoms with Crippen LogP contribution in [0.25, 0.3) is 0 Å². The van der Waals surface area contributed by atoms with Gasteiger partial charge in [0.2, 0.25) is 5.91 Å². The zero-order valence-corrected chi connectivity index (χ0v) is 10.9. The predicted octanol–water partition coefficient (Wildman–Crippen LogP) is 1.53. The van der Waals surface area contributed by atoms with E-state index in [1.807, 2.05) is 4.90 Å². The van der Waals surface area contributed by atoms with E-state index < -0.39 is 0 Å². The Kier molecular flexibility index (Phi) is 5.99. The fraction of sp³-hybridized carbons (Fsp3) is 0.846.